The van der Waals surface area contributed by atoms with Gasteiger partial charge >= 0.3 is 0 Å². The molecule has 0 heterocycles. The standard InChI is InChI=1S/C12H18FNO2S/c1-10(2)6-5-9-14-17(15,16)12-8-4-3-7-11(12)13/h3-4,7-8,10,14H,5-6,9H2,1-2H3. The minimum absolute atomic E-state index is 0.287. The molecule has 17 heavy (non-hydrogen) atoms. The molecule has 0 saturated heterocycles. The smallest absolute Gasteiger partial charge is 0.211 e. The molecule has 1 N–H and O–H groups in total. The summed E-state index contributed by atoms with van der Waals surface area (Å²) in [5, 5.41) is 0. The van der Waals surface area contributed by atoms with Crippen LogP contribution in [0.25, 0.3) is 0 Å². The number of nitrogens with one attached hydrogen (secondary N) is 1. The molecule has 0 aromatic heterocycles. The van der Waals surface area contributed by atoms with Gasteiger partial charge in [-0.25, -0.2) is 17.5 Å². The second-order valence-corrected chi connectivity index (χ2v) is 6.10. The van der Waals surface area contributed by atoms with Crippen LogP contribution in [0, 0.1) is 11.7 Å². The fraction of sp³-hybridized carbons (Fsp3) is 0.500. The van der Waals surface area contributed by atoms with Gasteiger partial charge in [-0.3, -0.25) is 0 Å². The Morgan fingerprint density at radius 3 is 2.53 bits per heavy atom. The molecule has 1 aromatic carbocycles. The number of sulfonamides is 1. The van der Waals surface area contributed by atoms with Gasteiger partial charge in [0.2, 0.25) is 10.0 Å². The number of benzene rings is 1. The monoisotopic (exact) mass is 259 g/mol. The van der Waals surface area contributed by atoms with Crippen LogP contribution in [0.5, 0.6) is 0 Å². The summed E-state index contributed by atoms with van der Waals surface area (Å²) in [6, 6.07) is 5.38. The maximum absolute atomic E-state index is 13.3. The van der Waals surface area contributed by atoms with Crippen molar-refractivity contribution in [3.05, 3.63) is 30.1 Å². The van der Waals surface area contributed by atoms with E-state index in [9.17, 15) is 12.8 Å². The third-order valence-corrected chi connectivity index (χ3v) is 3.87. The Morgan fingerprint density at radius 1 is 1.29 bits per heavy atom. The molecule has 1 rings (SSSR count). The summed E-state index contributed by atoms with van der Waals surface area (Å²) in [6.45, 7) is 4.49. The molecule has 3 nitrogen and oxygen atoms in total. The lowest BCUT2D eigenvalue weighted by atomic mass is 10.1. The van der Waals surface area contributed by atoms with Crippen LogP contribution in [0.2, 0.25) is 0 Å². The molecule has 0 atom stereocenters. The third-order valence-electron chi connectivity index (χ3n) is 2.38. The summed E-state index contributed by atoms with van der Waals surface area (Å²) in [5.74, 6) is -0.183. The van der Waals surface area contributed by atoms with Gasteiger partial charge in [-0.05, 0) is 30.9 Å². The Bertz CT molecular complexity index is 457. The largest absolute Gasteiger partial charge is 0.243 e. The molecule has 0 unspecified atom stereocenters. The van der Waals surface area contributed by atoms with E-state index in [1.807, 2.05) is 0 Å². The van der Waals surface area contributed by atoms with Gasteiger partial charge in [-0.15, -0.1) is 0 Å². The molecule has 0 amide bonds. The van der Waals surface area contributed by atoms with Gasteiger partial charge < -0.3 is 0 Å². The van der Waals surface area contributed by atoms with Crippen LogP contribution in [-0.4, -0.2) is 15.0 Å². The van der Waals surface area contributed by atoms with Crippen LogP contribution in [0.4, 0.5) is 4.39 Å². The highest BCUT2D eigenvalue weighted by Gasteiger charge is 2.17. The Kier molecular flexibility index (Phi) is 5.08. The summed E-state index contributed by atoms with van der Waals surface area (Å²) >= 11 is 0. The topological polar surface area (TPSA) is 46.2 Å². The molecule has 1 aromatic rings. The van der Waals surface area contributed by atoms with Crippen molar-refractivity contribution in [2.75, 3.05) is 6.54 Å². The summed E-state index contributed by atoms with van der Waals surface area (Å²) < 4.78 is 39.2. The molecule has 0 aliphatic heterocycles. The van der Waals surface area contributed by atoms with Gasteiger partial charge in [0.25, 0.3) is 0 Å². The first-order valence-corrected chi connectivity index (χ1v) is 7.16. The molecule has 0 aliphatic carbocycles. The predicted octanol–water partition coefficient (Wildman–Crippen LogP) is 2.54. The van der Waals surface area contributed by atoms with E-state index < -0.39 is 15.8 Å². The Morgan fingerprint density at radius 2 is 1.94 bits per heavy atom. The first-order chi connectivity index (χ1) is 7.93. The zero-order chi connectivity index (χ0) is 12.9. The van der Waals surface area contributed by atoms with Crippen LogP contribution in [0.1, 0.15) is 26.7 Å². The molecular weight excluding hydrogens is 241 g/mol. The van der Waals surface area contributed by atoms with Gasteiger partial charge in [0.05, 0.1) is 0 Å². The van der Waals surface area contributed by atoms with Gasteiger partial charge in [0.1, 0.15) is 10.7 Å². The van der Waals surface area contributed by atoms with E-state index in [-0.39, 0.29) is 4.90 Å². The van der Waals surface area contributed by atoms with Crippen molar-refractivity contribution in [2.45, 2.75) is 31.6 Å². The van der Waals surface area contributed by atoms with E-state index >= 15 is 0 Å². The molecule has 0 saturated carbocycles. The lowest BCUT2D eigenvalue weighted by Crippen LogP contribution is -2.25. The quantitative estimate of drug-likeness (QED) is 0.798. The highest BCUT2D eigenvalue weighted by molar-refractivity contribution is 7.89. The van der Waals surface area contributed by atoms with E-state index in [2.05, 4.69) is 18.6 Å². The Hall–Kier alpha value is -0.940. The van der Waals surface area contributed by atoms with Crippen LogP contribution in [0.15, 0.2) is 29.2 Å². The lowest BCUT2D eigenvalue weighted by Gasteiger charge is -2.08. The molecule has 5 heteroatoms. The van der Waals surface area contributed by atoms with Crippen molar-refractivity contribution in [1.29, 1.82) is 0 Å². The molecule has 0 bridgehead atoms. The predicted molar refractivity (Wildman–Crippen MR) is 65.7 cm³/mol. The normalized spacial score (nSPS) is 12.0. The van der Waals surface area contributed by atoms with E-state index in [0.29, 0.717) is 12.5 Å². The van der Waals surface area contributed by atoms with Gasteiger partial charge in [-0.2, -0.15) is 0 Å². The van der Waals surface area contributed by atoms with Crippen molar-refractivity contribution >= 4 is 10.0 Å². The third kappa shape index (κ3) is 4.44. The fourth-order valence-corrected chi connectivity index (χ4v) is 2.61. The molecule has 96 valence electrons. The SMILES string of the molecule is CC(C)CCCNS(=O)(=O)c1ccccc1F. The Balaban J connectivity index is 2.61. The maximum Gasteiger partial charge on any atom is 0.243 e. The molecule has 0 radical (unpaired) electrons. The van der Waals surface area contributed by atoms with Crippen molar-refractivity contribution in [3.8, 4) is 0 Å². The van der Waals surface area contributed by atoms with Crippen LogP contribution >= 0.6 is 0 Å². The van der Waals surface area contributed by atoms with E-state index in [0.717, 1.165) is 18.9 Å². The number of hydrogen-bond donors (Lipinski definition) is 1. The van der Waals surface area contributed by atoms with Crippen molar-refractivity contribution in [1.82, 2.24) is 4.72 Å². The van der Waals surface area contributed by atoms with E-state index in [1.165, 1.54) is 18.2 Å². The van der Waals surface area contributed by atoms with Gasteiger partial charge in [-0.1, -0.05) is 26.0 Å². The maximum atomic E-state index is 13.3. The highest BCUT2D eigenvalue weighted by atomic mass is 32.2. The van der Waals surface area contributed by atoms with E-state index in [1.54, 1.807) is 0 Å². The van der Waals surface area contributed by atoms with E-state index in [4.69, 9.17) is 0 Å². The summed E-state index contributed by atoms with van der Waals surface area (Å²) in [4.78, 5) is -0.287. The fourth-order valence-electron chi connectivity index (χ4n) is 1.46. The van der Waals surface area contributed by atoms with Gasteiger partial charge in [0, 0.05) is 6.54 Å². The van der Waals surface area contributed by atoms with Gasteiger partial charge in [0.15, 0.2) is 0 Å². The number of halogens is 1. The number of rotatable bonds is 6. The molecule has 0 fully saturated rings. The second-order valence-electron chi connectivity index (χ2n) is 4.36. The lowest BCUT2D eigenvalue weighted by molar-refractivity contribution is 0.533. The molecular formula is C12H18FNO2S. The van der Waals surface area contributed by atoms with Crippen LogP contribution < -0.4 is 4.72 Å². The van der Waals surface area contributed by atoms with Crippen LogP contribution in [0.3, 0.4) is 0 Å². The zero-order valence-electron chi connectivity index (χ0n) is 10.1. The Labute approximate surface area is 102 Å². The minimum Gasteiger partial charge on any atom is -0.211 e. The molecule has 0 aliphatic rings. The zero-order valence-corrected chi connectivity index (χ0v) is 10.9. The minimum atomic E-state index is -3.71. The van der Waals surface area contributed by atoms with Crippen molar-refractivity contribution < 1.29 is 12.8 Å². The van der Waals surface area contributed by atoms with Crippen molar-refractivity contribution in [3.63, 3.8) is 0 Å². The molecule has 0 spiro atoms. The van der Waals surface area contributed by atoms with Crippen molar-refractivity contribution in [2.24, 2.45) is 5.92 Å². The first kappa shape index (κ1) is 14.1. The summed E-state index contributed by atoms with van der Waals surface area (Å²) in [5.41, 5.74) is 0. The second kappa shape index (κ2) is 6.12. The summed E-state index contributed by atoms with van der Waals surface area (Å²) in [6.07, 6.45) is 1.70. The van der Waals surface area contributed by atoms with Crippen LogP contribution in [-0.2, 0) is 10.0 Å². The first-order valence-electron chi connectivity index (χ1n) is 5.67. The summed E-state index contributed by atoms with van der Waals surface area (Å²) in [7, 11) is -3.71. The average molecular weight is 259 g/mol. The highest BCUT2D eigenvalue weighted by Crippen LogP contribution is 2.13. The average Bonchev–Trinajstić information content (AvgIpc) is 2.24. The number of hydrogen-bond acceptors (Lipinski definition) is 2.